The van der Waals surface area contributed by atoms with E-state index in [-0.39, 0.29) is 29.1 Å². The van der Waals surface area contributed by atoms with Crippen LogP contribution in [0.4, 0.5) is 11.5 Å². The van der Waals surface area contributed by atoms with E-state index in [1.807, 2.05) is 13.0 Å². The van der Waals surface area contributed by atoms with Crippen LogP contribution in [0.25, 0.3) is 0 Å². The Balaban J connectivity index is 1.78. The maximum absolute atomic E-state index is 12.6. The van der Waals surface area contributed by atoms with Gasteiger partial charge >= 0.3 is 0 Å². The van der Waals surface area contributed by atoms with Crippen LogP contribution in [0.3, 0.4) is 0 Å². The van der Waals surface area contributed by atoms with Gasteiger partial charge in [-0.3, -0.25) is 4.79 Å². The van der Waals surface area contributed by atoms with Crippen molar-refractivity contribution >= 4 is 38.9 Å². The quantitative estimate of drug-likeness (QED) is 0.826. The fourth-order valence-electron chi connectivity index (χ4n) is 2.79. The number of amides is 1. The first kappa shape index (κ1) is 18.6. The molecule has 2 N–H and O–H groups in total. The minimum absolute atomic E-state index is 0.0687. The second kappa shape index (κ2) is 7.20. The summed E-state index contributed by atoms with van der Waals surface area (Å²) in [4.78, 5) is 21.0. The van der Waals surface area contributed by atoms with Crippen molar-refractivity contribution in [3.05, 3.63) is 46.4 Å². The number of aromatic nitrogens is 2. The Hall–Kier alpha value is -2.19. The molecule has 1 aromatic heterocycles. The molecule has 2 aromatic rings. The predicted octanol–water partition coefficient (Wildman–Crippen LogP) is 2.60. The largest absolute Gasteiger partial charge is 0.366 e. The number of halogens is 1. The van der Waals surface area contributed by atoms with Crippen LogP contribution in [0.15, 0.2) is 24.3 Å². The van der Waals surface area contributed by atoms with Crippen LogP contribution >= 0.6 is 11.6 Å². The van der Waals surface area contributed by atoms with Crippen LogP contribution < -0.4 is 10.6 Å². The molecule has 3 rings (SSSR count). The number of hydrogen-bond acceptors (Lipinski definition) is 6. The molecular formula is C17H19ClN4O3S. The molecule has 1 saturated heterocycles. The highest BCUT2D eigenvalue weighted by Crippen LogP contribution is 2.21. The number of nitrogens with one attached hydrogen (secondary N) is 2. The molecular weight excluding hydrogens is 376 g/mol. The van der Waals surface area contributed by atoms with E-state index in [2.05, 4.69) is 20.6 Å². The van der Waals surface area contributed by atoms with E-state index in [4.69, 9.17) is 11.6 Å². The van der Waals surface area contributed by atoms with Crippen molar-refractivity contribution in [2.75, 3.05) is 22.1 Å². The summed E-state index contributed by atoms with van der Waals surface area (Å²) < 4.78 is 23.2. The van der Waals surface area contributed by atoms with Crippen LogP contribution in [0.1, 0.15) is 28.3 Å². The number of benzene rings is 1. The topological polar surface area (TPSA) is 101 Å². The summed E-state index contributed by atoms with van der Waals surface area (Å²) in [5, 5.41) is 6.40. The molecule has 26 heavy (non-hydrogen) atoms. The zero-order chi connectivity index (χ0) is 18.9. The molecule has 1 amide bonds. The number of carbonyl (C=O) groups excluding carboxylic acids is 1. The van der Waals surface area contributed by atoms with E-state index in [9.17, 15) is 13.2 Å². The number of carbonyl (C=O) groups is 1. The highest BCUT2D eigenvalue weighted by atomic mass is 35.5. The monoisotopic (exact) mass is 394 g/mol. The van der Waals surface area contributed by atoms with Gasteiger partial charge in [0.15, 0.2) is 9.84 Å². The van der Waals surface area contributed by atoms with E-state index in [0.717, 1.165) is 5.56 Å². The fourth-order valence-corrected chi connectivity index (χ4v) is 4.64. The lowest BCUT2D eigenvalue weighted by molar-refractivity contribution is 0.102. The van der Waals surface area contributed by atoms with Gasteiger partial charge in [0, 0.05) is 22.8 Å². The second-order valence-corrected chi connectivity index (χ2v) is 9.01. The van der Waals surface area contributed by atoms with E-state index in [1.54, 1.807) is 19.1 Å². The highest BCUT2D eigenvalue weighted by molar-refractivity contribution is 7.91. The number of anilines is 2. The van der Waals surface area contributed by atoms with Crippen LogP contribution in [0, 0.1) is 13.8 Å². The first-order valence-corrected chi connectivity index (χ1v) is 10.3. The SMILES string of the molecule is Cc1nc(NC2CCS(=O)(=O)C2)cc(C(=O)Nc2cc(Cl)ccc2C)n1. The lowest BCUT2D eigenvalue weighted by Crippen LogP contribution is -2.22. The van der Waals surface area contributed by atoms with E-state index in [1.165, 1.54) is 6.07 Å². The Morgan fingerprint density at radius 3 is 2.69 bits per heavy atom. The van der Waals surface area contributed by atoms with E-state index in [0.29, 0.717) is 28.8 Å². The number of rotatable bonds is 4. The number of hydrogen-bond donors (Lipinski definition) is 2. The van der Waals surface area contributed by atoms with Gasteiger partial charge in [-0.25, -0.2) is 18.4 Å². The van der Waals surface area contributed by atoms with E-state index < -0.39 is 9.84 Å². The smallest absolute Gasteiger partial charge is 0.274 e. The van der Waals surface area contributed by atoms with Gasteiger partial charge in [-0.1, -0.05) is 17.7 Å². The van der Waals surface area contributed by atoms with Gasteiger partial charge in [0.05, 0.1) is 11.5 Å². The summed E-state index contributed by atoms with van der Waals surface area (Å²) in [7, 11) is -3.00. The summed E-state index contributed by atoms with van der Waals surface area (Å²) in [5.74, 6) is 0.703. The molecule has 9 heteroatoms. The zero-order valence-electron chi connectivity index (χ0n) is 14.4. The van der Waals surface area contributed by atoms with Gasteiger partial charge in [-0.15, -0.1) is 0 Å². The molecule has 0 spiro atoms. The summed E-state index contributed by atoms with van der Waals surface area (Å²) in [6.45, 7) is 3.54. The third kappa shape index (κ3) is 4.50. The average molecular weight is 395 g/mol. The summed E-state index contributed by atoms with van der Waals surface area (Å²) >= 11 is 5.98. The first-order chi connectivity index (χ1) is 12.2. The van der Waals surface area contributed by atoms with Crippen molar-refractivity contribution in [3.8, 4) is 0 Å². The Morgan fingerprint density at radius 1 is 1.23 bits per heavy atom. The van der Waals surface area contributed by atoms with Gasteiger partial charge in [0.25, 0.3) is 5.91 Å². The molecule has 0 bridgehead atoms. The van der Waals surface area contributed by atoms with Crippen molar-refractivity contribution in [1.29, 1.82) is 0 Å². The molecule has 0 saturated carbocycles. The number of nitrogens with zero attached hydrogens (tertiary/aromatic N) is 2. The molecule has 1 aromatic carbocycles. The van der Waals surface area contributed by atoms with Crippen LogP contribution in [-0.4, -0.2) is 41.8 Å². The van der Waals surface area contributed by atoms with Gasteiger partial charge in [0.1, 0.15) is 17.3 Å². The lowest BCUT2D eigenvalue weighted by Gasteiger charge is -2.13. The third-order valence-corrected chi connectivity index (χ3v) is 6.11. The fraction of sp³-hybridized carbons (Fsp3) is 0.353. The lowest BCUT2D eigenvalue weighted by atomic mass is 10.2. The average Bonchev–Trinajstić information content (AvgIpc) is 2.89. The molecule has 1 aliphatic heterocycles. The molecule has 1 unspecified atom stereocenters. The van der Waals surface area contributed by atoms with E-state index >= 15 is 0 Å². The van der Waals surface area contributed by atoms with Crippen LogP contribution in [-0.2, 0) is 9.84 Å². The standard InChI is InChI=1S/C17H19ClN4O3S/c1-10-3-4-12(18)7-14(10)22-17(23)15-8-16(20-11(2)19-15)21-13-5-6-26(24,25)9-13/h3-4,7-8,13H,5-6,9H2,1-2H3,(H,22,23)(H,19,20,21). The first-order valence-electron chi connectivity index (χ1n) is 8.12. The summed E-state index contributed by atoms with van der Waals surface area (Å²) in [6.07, 6.45) is 0.522. The Bertz CT molecular complexity index is 962. The molecule has 2 heterocycles. The Kier molecular flexibility index (Phi) is 5.15. The van der Waals surface area contributed by atoms with Gasteiger partial charge in [0.2, 0.25) is 0 Å². The van der Waals surface area contributed by atoms with Crippen LogP contribution in [0.2, 0.25) is 5.02 Å². The third-order valence-electron chi connectivity index (χ3n) is 4.10. The Labute approximate surface area is 157 Å². The van der Waals surface area contributed by atoms with Crippen molar-refractivity contribution < 1.29 is 13.2 Å². The molecule has 138 valence electrons. The molecule has 1 atom stereocenters. The minimum atomic E-state index is -3.00. The molecule has 1 fully saturated rings. The maximum atomic E-state index is 12.6. The van der Waals surface area contributed by atoms with Gasteiger partial charge in [-0.05, 0) is 38.0 Å². The second-order valence-electron chi connectivity index (χ2n) is 6.34. The van der Waals surface area contributed by atoms with Crippen molar-refractivity contribution in [2.45, 2.75) is 26.3 Å². The molecule has 0 radical (unpaired) electrons. The maximum Gasteiger partial charge on any atom is 0.274 e. The zero-order valence-corrected chi connectivity index (χ0v) is 16.0. The summed E-state index contributed by atoms with van der Waals surface area (Å²) in [5.41, 5.74) is 1.68. The minimum Gasteiger partial charge on any atom is -0.366 e. The molecule has 1 aliphatic rings. The highest BCUT2D eigenvalue weighted by Gasteiger charge is 2.28. The normalized spacial score (nSPS) is 18.5. The molecule has 7 nitrogen and oxygen atoms in total. The van der Waals surface area contributed by atoms with Crippen molar-refractivity contribution in [3.63, 3.8) is 0 Å². The van der Waals surface area contributed by atoms with Crippen molar-refractivity contribution in [1.82, 2.24) is 9.97 Å². The van der Waals surface area contributed by atoms with Gasteiger partial charge < -0.3 is 10.6 Å². The number of sulfone groups is 1. The number of aryl methyl sites for hydroxylation is 2. The summed E-state index contributed by atoms with van der Waals surface area (Å²) in [6, 6.07) is 6.55. The molecule has 0 aliphatic carbocycles. The van der Waals surface area contributed by atoms with Gasteiger partial charge in [-0.2, -0.15) is 0 Å². The Morgan fingerprint density at radius 2 is 2.00 bits per heavy atom. The predicted molar refractivity (Wildman–Crippen MR) is 102 cm³/mol. The van der Waals surface area contributed by atoms with Crippen molar-refractivity contribution in [2.24, 2.45) is 0 Å². The van der Waals surface area contributed by atoms with Crippen LogP contribution in [0.5, 0.6) is 0 Å².